The summed E-state index contributed by atoms with van der Waals surface area (Å²) in [7, 11) is 0.852. The molecule has 1 N–H and O–H groups in total. The van der Waals surface area contributed by atoms with Gasteiger partial charge >= 0.3 is 0 Å². The highest BCUT2D eigenvalue weighted by molar-refractivity contribution is 7.89. The van der Waals surface area contributed by atoms with Gasteiger partial charge in [-0.25, -0.2) is 12.7 Å². The van der Waals surface area contributed by atoms with Gasteiger partial charge in [0.2, 0.25) is 15.9 Å². The summed E-state index contributed by atoms with van der Waals surface area (Å²) >= 11 is 0. The molecule has 0 saturated heterocycles. The Balaban J connectivity index is 2.32. The Kier molecular flexibility index (Phi) is 4.25. The average molecular weight is 312 g/mol. The van der Waals surface area contributed by atoms with Crippen LogP contribution in [0.1, 0.15) is 13.3 Å². The quantitative estimate of drug-likeness (QED) is 0.895. The first-order chi connectivity index (χ1) is 9.77. The van der Waals surface area contributed by atoms with Crippen molar-refractivity contribution < 1.29 is 17.9 Å². The zero-order chi connectivity index (χ0) is 15.8. The summed E-state index contributed by atoms with van der Waals surface area (Å²) in [5.74, 6) is 0.725. The Labute approximate surface area is 125 Å². The molecule has 1 aromatic rings. The lowest BCUT2D eigenvalue weighted by Gasteiger charge is -2.15. The molecule has 1 fully saturated rings. The SMILES string of the molecule is COc1ccc(S(=O)(=O)N(C)C)cc1NC(=O)[C@@H]1C[C@H]1C. The standard InChI is InChI=1S/C14H20N2O4S/c1-9-7-11(9)14(17)15-12-8-10(5-6-13(12)20-4)21(18,19)16(2)3/h5-6,8-9,11H,7H2,1-4H3,(H,15,17)/t9-,11-/m1/s1. The number of methoxy groups -OCH3 is 1. The number of hydrogen-bond acceptors (Lipinski definition) is 4. The summed E-state index contributed by atoms with van der Waals surface area (Å²) in [4.78, 5) is 12.1. The lowest BCUT2D eigenvalue weighted by molar-refractivity contribution is -0.117. The fourth-order valence-corrected chi connectivity index (χ4v) is 3.00. The molecule has 2 rings (SSSR count). The summed E-state index contributed by atoms with van der Waals surface area (Å²) in [6, 6.07) is 4.44. The molecule has 0 unspecified atom stereocenters. The van der Waals surface area contributed by atoms with E-state index in [2.05, 4.69) is 5.32 Å². The van der Waals surface area contributed by atoms with Crippen LogP contribution in [-0.4, -0.2) is 39.8 Å². The lowest BCUT2D eigenvalue weighted by atomic mass is 10.2. The number of sulfonamides is 1. The van der Waals surface area contributed by atoms with E-state index in [1.165, 1.54) is 33.3 Å². The third-order valence-corrected chi connectivity index (χ3v) is 5.46. The molecule has 1 amide bonds. The molecule has 1 aromatic carbocycles. The normalized spacial score (nSPS) is 21.2. The number of nitrogens with zero attached hydrogens (tertiary/aromatic N) is 1. The topological polar surface area (TPSA) is 75.7 Å². The fraction of sp³-hybridized carbons (Fsp3) is 0.500. The number of anilines is 1. The lowest BCUT2D eigenvalue weighted by Crippen LogP contribution is -2.22. The predicted octanol–water partition coefficient (Wildman–Crippen LogP) is 1.54. The van der Waals surface area contributed by atoms with Gasteiger partial charge in [0.25, 0.3) is 0 Å². The van der Waals surface area contributed by atoms with Gasteiger partial charge in [0, 0.05) is 20.0 Å². The zero-order valence-electron chi connectivity index (χ0n) is 12.6. The van der Waals surface area contributed by atoms with Gasteiger partial charge in [-0.1, -0.05) is 6.92 Å². The molecule has 6 nitrogen and oxygen atoms in total. The van der Waals surface area contributed by atoms with Crippen LogP contribution >= 0.6 is 0 Å². The second-order valence-electron chi connectivity index (χ2n) is 5.46. The molecular formula is C14H20N2O4S. The van der Waals surface area contributed by atoms with Crippen molar-refractivity contribution in [3.63, 3.8) is 0 Å². The number of carbonyl (C=O) groups is 1. The van der Waals surface area contributed by atoms with Crippen molar-refractivity contribution in [1.29, 1.82) is 0 Å². The Morgan fingerprint density at radius 3 is 2.48 bits per heavy atom. The van der Waals surface area contributed by atoms with Gasteiger partial charge < -0.3 is 10.1 Å². The average Bonchev–Trinajstić information content (AvgIpc) is 3.15. The monoisotopic (exact) mass is 312 g/mol. The zero-order valence-corrected chi connectivity index (χ0v) is 13.4. The van der Waals surface area contributed by atoms with Crippen molar-refractivity contribution >= 4 is 21.6 Å². The highest BCUT2D eigenvalue weighted by Gasteiger charge is 2.39. The number of rotatable bonds is 5. The minimum Gasteiger partial charge on any atom is -0.495 e. The smallest absolute Gasteiger partial charge is 0.242 e. The maximum absolute atomic E-state index is 12.1. The third-order valence-electron chi connectivity index (χ3n) is 3.65. The molecule has 116 valence electrons. The molecule has 21 heavy (non-hydrogen) atoms. The van der Waals surface area contributed by atoms with Crippen LogP contribution in [0.25, 0.3) is 0 Å². The second kappa shape index (κ2) is 5.65. The first-order valence-electron chi connectivity index (χ1n) is 6.68. The minimum absolute atomic E-state index is 0.00354. The van der Waals surface area contributed by atoms with Crippen molar-refractivity contribution in [2.45, 2.75) is 18.2 Å². The van der Waals surface area contributed by atoms with E-state index in [0.29, 0.717) is 17.4 Å². The van der Waals surface area contributed by atoms with Gasteiger partial charge in [-0.2, -0.15) is 0 Å². The van der Waals surface area contributed by atoms with Gasteiger partial charge in [-0.15, -0.1) is 0 Å². The van der Waals surface area contributed by atoms with E-state index in [1.54, 1.807) is 6.07 Å². The van der Waals surface area contributed by atoms with Gasteiger partial charge in [-0.3, -0.25) is 4.79 Å². The largest absolute Gasteiger partial charge is 0.495 e. The Hall–Kier alpha value is -1.60. The first-order valence-corrected chi connectivity index (χ1v) is 8.12. The van der Waals surface area contributed by atoms with Crippen molar-refractivity contribution in [3.05, 3.63) is 18.2 Å². The molecule has 0 bridgehead atoms. The van der Waals surface area contributed by atoms with E-state index >= 15 is 0 Å². The van der Waals surface area contributed by atoms with Crippen LogP contribution in [0.3, 0.4) is 0 Å². The van der Waals surface area contributed by atoms with Crippen molar-refractivity contribution in [2.75, 3.05) is 26.5 Å². The molecule has 7 heteroatoms. The van der Waals surface area contributed by atoms with Gasteiger partial charge in [0.1, 0.15) is 5.75 Å². The molecule has 0 aliphatic heterocycles. The van der Waals surface area contributed by atoms with Crippen LogP contribution in [0, 0.1) is 11.8 Å². The number of amides is 1. The Morgan fingerprint density at radius 2 is 2.00 bits per heavy atom. The predicted molar refractivity (Wildman–Crippen MR) is 79.8 cm³/mol. The van der Waals surface area contributed by atoms with Crippen molar-refractivity contribution in [2.24, 2.45) is 11.8 Å². The van der Waals surface area contributed by atoms with Crippen LogP contribution in [0.15, 0.2) is 23.1 Å². The van der Waals surface area contributed by atoms with Crippen LogP contribution in [-0.2, 0) is 14.8 Å². The van der Waals surface area contributed by atoms with E-state index in [4.69, 9.17) is 4.74 Å². The van der Waals surface area contributed by atoms with Crippen LogP contribution in [0.2, 0.25) is 0 Å². The Bertz CT molecular complexity index is 655. The summed E-state index contributed by atoms with van der Waals surface area (Å²) in [6.07, 6.45) is 0.865. The van der Waals surface area contributed by atoms with Gasteiger partial charge in [0.15, 0.2) is 0 Å². The maximum Gasteiger partial charge on any atom is 0.242 e. The number of hydrogen-bond donors (Lipinski definition) is 1. The van der Waals surface area contributed by atoms with Gasteiger partial charge in [-0.05, 0) is 30.5 Å². The summed E-state index contributed by atoms with van der Waals surface area (Å²) in [6.45, 7) is 2.01. The molecule has 1 saturated carbocycles. The number of carbonyl (C=O) groups excluding carboxylic acids is 1. The summed E-state index contributed by atoms with van der Waals surface area (Å²) < 4.78 is 30.6. The second-order valence-corrected chi connectivity index (χ2v) is 7.61. The van der Waals surface area contributed by atoms with E-state index in [-0.39, 0.29) is 16.7 Å². The highest BCUT2D eigenvalue weighted by atomic mass is 32.2. The summed E-state index contributed by atoms with van der Waals surface area (Å²) in [5.41, 5.74) is 0.379. The van der Waals surface area contributed by atoms with Crippen molar-refractivity contribution in [1.82, 2.24) is 4.31 Å². The van der Waals surface area contributed by atoms with Crippen LogP contribution in [0.5, 0.6) is 5.75 Å². The number of benzene rings is 1. The minimum atomic E-state index is -3.55. The first kappa shape index (κ1) is 15.8. The fourth-order valence-electron chi connectivity index (χ4n) is 2.07. The molecule has 0 heterocycles. The molecular weight excluding hydrogens is 292 g/mol. The maximum atomic E-state index is 12.1. The third kappa shape index (κ3) is 3.19. The highest BCUT2D eigenvalue weighted by Crippen LogP contribution is 2.39. The van der Waals surface area contributed by atoms with Crippen LogP contribution in [0.4, 0.5) is 5.69 Å². The molecule has 2 atom stereocenters. The van der Waals surface area contributed by atoms with Crippen molar-refractivity contribution in [3.8, 4) is 5.75 Å². The molecule has 0 aromatic heterocycles. The summed E-state index contributed by atoms with van der Waals surface area (Å²) in [5, 5.41) is 2.76. The van der Waals surface area contributed by atoms with E-state index < -0.39 is 10.0 Å². The number of nitrogens with one attached hydrogen (secondary N) is 1. The van der Waals surface area contributed by atoms with Crippen LogP contribution < -0.4 is 10.1 Å². The van der Waals surface area contributed by atoms with E-state index in [0.717, 1.165) is 10.7 Å². The van der Waals surface area contributed by atoms with E-state index in [9.17, 15) is 13.2 Å². The molecule has 1 aliphatic rings. The number of ether oxygens (including phenoxy) is 1. The molecule has 1 aliphatic carbocycles. The molecule has 0 spiro atoms. The Morgan fingerprint density at radius 1 is 1.38 bits per heavy atom. The van der Waals surface area contributed by atoms with Gasteiger partial charge in [0.05, 0.1) is 17.7 Å². The molecule has 0 radical (unpaired) electrons. The van der Waals surface area contributed by atoms with E-state index in [1.807, 2.05) is 6.92 Å².